The van der Waals surface area contributed by atoms with Gasteiger partial charge in [0.05, 0.1) is 6.61 Å². The van der Waals surface area contributed by atoms with Crippen molar-refractivity contribution in [2.24, 2.45) is 5.92 Å². The Balaban J connectivity index is 1.68. The van der Waals surface area contributed by atoms with Gasteiger partial charge in [-0.2, -0.15) is 0 Å². The van der Waals surface area contributed by atoms with Crippen LogP contribution in [-0.4, -0.2) is 12.4 Å². The predicted octanol–water partition coefficient (Wildman–Crippen LogP) is 4.74. The quantitative estimate of drug-likeness (QED) is 0.588. The van der Waals surface area contributed by atoms with E-state index in [1.165, 1.54) is 18.9 Å². The summed E-state index contributed by atoms with van der Waals surface area (Å²) in [6, 6.07) is 16.0. The molecule has 0 bridgehead atoms. The molecule has 3 heteroatoms. The van der Waals surface area contributed by atoms with Gasteiger partial charge in [0.2, 0.25) is 0 Å². The normalized spacial score (nSPS) is 13.3. The average Bonchev–Trinajstić information content (AvgIpc) is 3.48. The molecule has 0 aromatic heterocycles. The van der Waals surface area contributed by atoms with Gasteiger partial charge in [0, 0.05) is 6.42 Å². The number of aryl methyl sites for hydroxylation is 1. The first-order chi connectivity index (χ1) is 12.2. The third kappa shape index (κ3) is 5.49. The van der Waals surface area contributed by atoms with E-state index >= 15 is 0 Å². The zero-order valence-corrected chi connectivity index (χ0v) is 14.4. The van der Waals surface area contributed by atoms with Crippen molar-refractivity contribution in [3.05, 3.63) is 72.3 Å². The summed E-state index contributed by atoms with van der Waals surface area (Å²) in [4.78, 5) is 11.4. The average molecular weight is 336 g/mol. The van der Waals surface area contributed by atoms with Gasteiger partial charge in [-0.1, -0.05) is 43.0 Å². The molecule has 0 heterocycles. The Morgan fingerprint density at radius 2 is 1.84 bits per heavy atom. The summed E-state index contributed by atoms with van der Waals surface area (Å²) >= 11 is 0. The summed E-state index contributed by atoms with van der Waals surface area (Å²) in [5.74, 6) is 2.26. The van der Waals surface area contributed by atoms with Crippen LogP contribution in [0.5, 0.6) is 11.5 Å². The van der Waals surface area contributed by atoms with Crippen LogP contribution in [0.1, 0.15) is 30.4 Å². The zero-order valence-electron chi connectivity index (χ0n) is 14.4. The SMILES string of the molecule is C=CC(=O)CCc1ccc(OCc2ccccc2)c(OCC2CC2)c1. The van der Waals surface area contributed by atoms with E-state index in [-0.39, 0.29) is 5.78 Å². The summed E-state index contributed by atoms with van der Waals surface area (Å²) in [7, 11) is 0. The summed E-state index contributed by atoms with van der Waals surface area (Å²) in [6.07, 6.45) is 5.02. The molecule has 0 radical (unpaired) electrons. The number of ether oxygens (including phenoxy) is 2. The number of ketones is 1. The molecule has 0 saturated heterocycles. The molecule has 1 saturated carbocycles. The summed E-state index contributed by atoms with van der Waals surface area (Å²) in [5, 5.41) is 0. The lowest BCUT2D eigenvalue weighted by Gasteiger charge is -2.14. The van der Waals surface area contributed by atoms with Crippen molar-refractivity contribution in [3.8, 4) is 11.5 Å². The molecule has 1 fully saturated rings. The van der Waals surface area contributed by atoms with Gasteiger partial charge in [-0.05, 0) is 54.5 Å². The lowest BCUT2D eigenvalue weighted by molar-refractivity contribution is -0.114. The first kappa shape index (κ1) is 17.3. The van der Waals surface area contributed by atoms with Crippen molar-refractivity contribution < 1.29 is 14.3 Å². The Morgan fingerprint density at radius 1 is 1.04 bits per heavy atom. The fraction of sp³-hybridized carbons (Fsp3) is 0.318. The first-order valence-electron chi connectivity index (χ1n) is 8.82. The fourth-order valence-electron chi connectivity index (χ4n) is 2.54. The van der Waals surface area contributed by atoms with Gasteiger partial charge < -0.3 is 9.47 Å². The van der Waals surface area contributed by atoms with Gasteiger partial charge in [0.1, 0.15) is 6.61 Å². The van der Waals surface area contributed by atoms with Crippen molar-refractivity contribution in [2.45, 2.75) is 32.3 Å². The molecule has 0 unspecified atom stereocenters. The molecule has 2 aromatic rings. The highest BCUT2D eigenvalue weighted by molar-refractivity contribution is 5.89. The third-order valence-corrected chi connectivity index (χ3v) is 4.30. The summed E-state index contributed by atoms with van der Waals surface area (Å²) < 4.78 is 12.0. The second-order valence-electron chi connectivity index (χ2n) is 6.48. The van der Waals surface area contributed by atoms with Crippen molar-refractivity contribution >= 4 is 5.78 Å². The monoisotopic (exact) mass is 336 g/mol. The molecule has 1 aliphatic rings. The number of rotatable bonds is 10. The van der Waals surface area contributed by atoms with Gasteiger partial charge in [0.15, 0.2) is 17.3 Å². The molecule has 3 rings (SSSR count). The van der Waals surface area contributed by atoms with Crippen LogP contribution in [0.2, 0.25) is 0 Å². The second kappa shape index (κ2) is 8.52. The number of benzene rings is 2. The molecule has 130 valence electrons. The van der Waals surface area contributed by atoms with E-state index in [0.29, 0.717) is 25.4 Å². The van der Waals surface area contributed by atoms with Gasteiger partial charge in [-0.25, -0.2) is 0 Å². The lowest BCUT2D eigenvalue weighted by atomic mass is 10.1. The van der Waals surface area contributed by atoms with Crippen molar-refractivity contribution in [1.82, 2.24) is 0 Å². The Hall–Kier alpha value is -2.55. The molecule has 0 amide bonds. The minimum atomic E-state index is 0.0600. The molecular formula is C22H24O3. The smallest absolute Gasteiger partial charge is 0.161 e. The van der Waals surface area contributed by atoms with E-state index in [0.717, 1.165) is 29.2 Å². The minimum Gasteiger partial charge on any atom is -0.489 e. The fourth-order valence-corrected chi connectivity index (χ4v) is 2.54. The van der Waals surface area contributed by atoms with Crippen LogP contribution in [0.25, 0.3) is 0 Å². The number of hydrogen-bond donors (Lipinski definition) is 0. The maximum atomic E-state index is 11.4. The van der Waals surface area contributed by atoms with Crippen LogP contribution in [0.15, 0.2) is 61.2 Å². The largest absolute Gasteiger partial charge is 0.489 e. The van der Waals surface area contributed by atoms with E-state index in [9.17, 15) is 4.79 Å². The van der Waals surface area contributed by atoms with Gasteiger partial charge in [-0.3, -0.25) is 4.79 Å². The number of carbonyl (C=O) groups is 1. The topological polar surface area (TPSA) is 35.5 Å². The molecule has 0 atom stereocenters. The highest BCUT2D eigenvalue weighted by Gasteiger charge is 2.22. The van der Waals surface area contributed by atoms with Gasteiger partial charge in [0.25, 0.3) is 0 Å². The number of allylic oxidation sites excluding steroid dienone is 1. The van der Waals surface area contributed by atoms with E-state index in [4.69, 9.17) is 9.47 Å². The zero-order chi connectivity index (χ0) is 17.5. The van der Waals surface area contributed by atoms with Gasteiger partial charge in [-0.15, -0.1) is 0 Å². The van der Waals surface area contributed by atoms with Crippen molar-refractivity contribution in [3.63, 3.8) is 0 Å². The van der Waals surface area contributed by atoms with Gasteiger partial charge >= 0.3 is 0 Å². The van der Waals surface area contributed by atoms with E-state index < -0.39 is 0 Å². The lowest BCUT2D eigenvalue weighted by Crippen LogP contribution is -2.04. The number of carbonyl (C=O) groups excluding carboxylic acids is 1. The van der Waals surface area contributed by atoms with Crippen LogP contribution >= 0.6 is 0 Å². The van der Waals surface area contributed by atoms with Crippen LogP contribution in [0.3, 0.4) is 0 Å². The molecule has 3 nitrogen and oxygen atoms in total. The number of hydrogen-bond acceptors (Lipinski definition) is 3. The van der Waals surface area contributed by atoms with E-state index in [1.54, 1.807) is 0 Å². The highest BCUT2D eigenvalue weighted by atomic mass is 16.5. The van der Waals surface area contributed by atoms with E-state index in [1.807, 2.05) is 48.5 Å². The predicted molar refractivity (Wildman–Crippen MR) is 99.0 cm³/mol. The van der Waals surface area contributed by atoms with Crippen LogP contribution in [0, 0.1) is 5.92 Å². The second-order valence-corrected chi connectivity index (χ2v) is 6.48. The first-order valence-corrected chi connectivity index (χ1v) is 8.82. The standard InChI is InChI=1S/C22H24O3/c1-2-20(23)12-10-17-11-13-21(22(14-17)25-16-19-8-9-19)24-15-18-6-4-3-5-7-18/h2-7,11,13-14,19H,1,8-10,12,15-16H2. The molecule has 0 N–H and O–H groups in total. The van der Waals surface area contributed by atoms with Crippen LogP contribution in [-0.2, 0) is 17.8 Å². The molecule has 2 aromatic carbocycles. The molecule has 1 aliphatic carbocycles. The third-order valence-electron chi connectivity index (χ3n) is 4.30. The maximum absolute atomic E-state index is 11.4. The van der Waals surface area contributed by atoms with Crippen molar-refractivity contribution in [1.29, 1.82) is 0 Å². The molecule has 0 spiro atoms. The molecule has 25 heavy (non-hydrogen) atoms. The van der Waals surface area contributed by atoms with Crippen LogP contribution in [0.4, 0.5) is 0 Å². The maximum Gasteiger partial charge on any atom is 0.161 e. The summed E-state index contributed by atoms with van der Waals surface area (Å²) in [5.41, 5.74) is 2.20. The van der Waals surface area contributed by atoms with Crippen molar-refractivity contribution in [2.75, 3.05) is 6.61 Å². The molecular weight excluding hydrogens is 312 g/mol. The Kier molecular flexibility index (Phi) is 5.89. The van der Waals surface area contributed by atoms with E-state index in [2.05, 4.69) is 6.58 Å². The highest BCUT2D eigenvalue weighted by Crippen LogP contribution is 2.34. The summed E-state index contributed by atoms with van der Waals surface area (Å²) in [6.45, 7) is 4.76. The Morgan fingerprint density at radius 3 is 2.56 bits per heavy atom. The van der Waals surface area contributed by atoms with Crippen LogP contribution < -0.4 is 9.47 Å². The Labute approximate surface area is 149 Å². The molecule has 0 aliphatic heterocycles. The minimum absolute atomic E-state index is 0.0600. The Bertz CT molecular complexity index is 717.